The van der Waals surface area contributed by atoms with Crippen molar-refractivity contribution in [2.24, 2.45) is 0 Å². The van der Waals surface area contributed by atoms with Crippen LogP contribution in [0, 0.1) is 13.8 Å². The predicted octanol–water partition coefficient (Wildman–Crippen LogP) is 4.73. The van der Waals surface area contributed by atoms with E-state index >= 15 is 0 Å². The standard InChI is InChI=1S/C23H32N2O/c1-5-25(6-2,17-11-16-21-14-8-7-9-15-21)18-22(26)24-23-19(3)12-10-13-20(23)4/h7-10,12-15H,5-6,11,16-18H2,1-4H3/p+1. The van der Waals surface area contributed by atoms with Crippen LogP contribution < -0.4 is 5.32 Å². The van der Waals surface area contributed by atoms with Crippen molar-refractivity contribution in [1.82, 2.24) is 0 Å². The third kappa shape index (κ3) is 5.43. The molecule has 3 nitrogen and oxygen atoms in total. The Morgan fingerprint density at radius 2 is 1.54 bits per heavy atom. The Balaban J connectivity index is 1.98. The van der Waals surface area contributed by atoms with Crippen LogP contribution in [0.4, 0.5) is 5.69 Å². The molecule has 0 saturated heterocycles. The number of likely N-dealkylation sites (N-methyl/N-ethyl adjacent to an activating group) is 1. The Morgan fingerprint density at radius 1 is 0.923 bits per heavy atom. The molecule has 0 aliphatic rings. The summed E-state index contributed by atoms with van der Waals surface area (Å²) in [6.45, 7) is 12.0. The molecular weight excluding hydrogens is 320 g/mol. The van der Waals surface area contributed by atoms with Gasteiger partial charge < -0.3 is 9.80 Å². The number of carbonyl (C=O) groups is 1. The number of carbonyl (C=O) groups excluding carboxylic acids is 1. The summed E-state index contributed by atoms with van der Waals surface area (Å²) in [4.78, 5) is 12.8. The third-order valence-corrected chi connectivity index (χ3v) is 5.51. The minimum absolute atomic E-state index is 0.116. The minimum Gasteiger partial charge on any atom is -0.321 e. The van der Waals surface area contributed by atoms with E-state index in [1.165, 1.54) is 5.56 Å². The van der Waals surface area contributed by atoms with Gasteiger partial charge in [0, 0.05) is 12.1 Å². The molecule has 140 valence electrons. The van der Waals surface area contributed by atoms with Gasteiger partial charge in [-0.15, -0.1) is 0 Å². The minimum atomic E-state index is 0.116. The predicted molar refractivity (Wildman–Crippen MR) is 110 cm³/mol. The Hall–Kier alpha value is -2.13. The number of amides is 1. The second kappa shape index (κ2) is 9.54. The number of para-hydroxylation sites is 1. The molecule has 3 heteroatoms. The molecule has 1 N–H and O–H groups in total. The van der Waals surface area contributed by atoms with Gasteiger partial charge in [0.15, 0.2) is 6.54 Å². The summed E-state index contributed by atoms with van der Waals surface area (Å²) in [7, 11) is 0. The largest absolute Gasteiger partial charge is 0.321 e. The Bertz CT molecular complexity index is 685. The molecule has 0 bridgehead atoms. The van der Waals surface area contributed by atoms with E-state index in [1.54, 1.807) is 0 Å². The molecular formula is C23H33N2O+. The molecule has 0 unspecified atom stereocenters. The molecule has 0 spiro atoms. The Labute approximate surface area is 158 Å². The van der Waals surface area contributed by atoms with Crippen molar-refractivity contribution in [1.29, 1.82) is 0 Å². The van der Waals surface area contributed by atoms with E-state index < -0.39 is 0 Å². The van der Waals surface area contributed by atoms with Crippen LogP contribution in [0.1, 0.15) is 37.0 Å². The van der Waals surface area contributed by atoms with Gasteiger partial charge in [0.25, 0.3) is 5.91 Å². The van der Waals surface area contributed by atoms with Gasteiger partial charge in [0.1, 0.15) is 0 Å². The van der Waals surface area contributed by atoms with E-state index in [-0.39, 0.29) is 5.91 Å². The maximum atomic E-state index is 12.8. The number of rotatable bonds is 9. The lowest BCUT2D eigenvalue weighted by Crippen LogP contribution is -2.52. The van der Waals surface area contributed by atoms with Crippen LogP contribution in [0.3, 0.4) is 0 Å². The summed E-state index contributed by atoms with van der Waals surface area (Å²) in [5.74, 6) is 0.116. The molecule has 1 amide bonds. The number of nitrogens with zero attached hydrogens (tertiary/aromatic N) is 1. The topological polar surface area (TPSA) is 29.1 Å². The summed E-state index contributed by atoms with van der Waals surface area (Å²) in [6.07, 6.45) is 2.17. The SMILES string of the molecule is CC[N+](CC)(CCCc1ccccc1)CC(=O)Nc1c(C)cccc1C. The fourth-order valence-electron chi connectivity index (χ4n) is 3.60. The van der Waals surface area contributed by atoms with Crippen molar-refractivity contribution in [2.45, 2.75) is 40.5 Å². The summed E-state index contributed by atoms with van der Waals surface area (Å²) < 4.78 is 0.837. The van der Waals surface area contributed by atoms with E-state index in [0.29, 0.717) is 6.54 Å². The average molecular weight is 354 g/mol. The average Bonchev–Trinajstić information content (AvgIpc) is 2.65. The van der Waals surface area contributed by atoms with E-state index in [9.17, 15) is 4.79 Å². The molecule has 0 atom stereocenters. The van der Waals surface area contributed by atoms with Gasteiger partial charge in [-0.3, -0.25) is 4.79 Å². The first-order valence-corrected chi connectivity index (χ1v) is 9.75. The smallest absolute Gasteiger partial charge is 0.279 e. The lowest BCUT2D eigenvalue weighted by Gasteiger charge is -2.36. The molecule has 0 aliphatic heterocycles. The zero-order valence-corrected chi connectivity index (χ0v) is 16.7. The van der Waals surface area contributed by atoms with Crippen molar-refractivity contribution in [2.75, 3.05) is 31.5 Å². The van der Waals surface area contributed by atoms with Gasteiger partial charge >= 0.3 is 0 Å². The summed E-state index contributed by atoms with van der Waals surface area (Å²) in [5.41, 5.74) is 4.58. The lowest BCUT2D eigenvalue weighted by molar-refractivity contribution is -0.917. The van der Waals surface area contributed by atoms with Crippen LogP contribution in [0.2, 0.25) is 0 Å². The zero-order valence-electron chi connectivity index (χ0n) is 16.7. The number of benzene rings is 2. The van der Waals surface area contributed by atoms with Crippen molar-refractivity contribution in [3.8, 4) is 0 Å². The summed E-state index contributed by atoms with van der Waals surface area (Å²) in [6, 6.07) is 16.7. The number of hydrogen-bond acceptors (Lipinski definition) is 1. The first-order chi connectivity index (χ1) is 12.5. The first kappa shape index (κ1) is 20.2. The second-order valence-corrected chi connectivity index (χ2v) is 7.26. The molecule has 0 aromatic heterocycles. The van der Waals surface area contributed by atoms with E-state index in [4.69, 9.17) is 0 Å². The molecule has 2 aromatic carbocycles. The molecule has 0 aliphatic carbocycles. The maximum absolute atomic E-state index is 12.8. The van der Waals surface area contributed by atoms with Crippen LogP contribution in [0.15, 0.2) is 48.5 Å². The van der Waals surface area contributed by atoms with Crippen molar-refractivity contribution >= 4 is 11.6 Å². The van der Waals surface area contributed by atoms with Crippen LogP contribution in [0.5, 0.6) is 0 Å². The van der Waals surface area contributed by atoms with Crippen molar-refractivity contribution in [3.63, 3.8) is 0 Å². The van der Waals surface area contributed by atoms with Gasteiger partial charge in [0.2, 0.25) is 0 Å². The first-order valence-electron chi connectivity index (χ1n) is 9.75. The monoisotopic (exact) mass is 353 g/mol. The Kier molecular flexibility index (Phi) is 7.40. The van der Waals surface area contributed by atoms with Gasteiger partial charge in [-0.2, -0.15) is 0 Å². The quantitative estimate of drug-likeness (QED) is 0.649. The normalized spacial score (nSPS) is 11.4. The number of aryl methyl sites for hydroxylation is 3. The van der Waals surface area contributed by atoms with Gasteiger partial charge in [-0.25, -0.2) is 0 Å². The second-order valence-electron chi connectivity index (χ2n) is 7.26. The highest BCUT2D eigenvalue weighted by Gasteiger charge is 2.27. The molecule has 2 rings (SSSR count). The van der Waals surface area contributed by atoms with Gasteiger partial charge in [0.05, 0.1) is 19.6 Å². The molecule has 0 heterocycles. The van der Waals surface area contributed by atoms with Crippen LogP contribution in [-0.4, -0.2) is 36.6 Å². The highest BCUT2D eigenvalue weighted by atomic mass is 16.2. The maximum Gasteiger partial charge on any atom is 0.279 e. The fraction of sp³-hybridized carbons (Fsp3) is 0.435. The Morgan fingerprint density at radius 3 is 2.12 bits per heavy atom. The highest BCUT2D eigenvalue weighted by molar-refractivity contribution is 5.93. The molecule has 0 saturated carbocycles. The third-order valence-electron chi connectivity index (χ3n) is 5.51. The molecule has 0 fully saturated rings. The number of quaternary nitrogens is 1. The zero-order chi connectivity index (χ0) is 19.0. The van der Waals surface area contributed by atoms with Crippen molar-refractivity contribution < 1.29 is 9.28 Å². The number of anilines is 1. The molecule has 2 aromatic rings. The number of hydrogen-bond donors (Lipinski definition) is 1. The number of nitrogens with one attached hydrogen (secondary N) is 1. The van der Waals surface area contributed by atoms with Crippen LogP contribution in [0.25, 0.3) is 0 Å². The van der Waals surface area contributed by atoms with Gasteiger partial charge in [-0.05, 0) is 50.8 Å². The van der Waals surface area contributed by atoms with Gasteiger partial charge in [-0.1, -0.05) is 48.5 Å². The molecule has 26 heavy (non-hydrogen) atoms. The molecule has 0 radical (unpaired) electrons. The lowest BCUT2D eigenvalue weighted by atomic mass is 10.1. The van der Waals surface area contributed by atoms with Crippen molar-refractivity contribution in [3.05, 3.63) is 65.2 Å². The summed E-state index contributed by atoms with van der Waals surface area (Å²) in [5, 5.41) is 3.16. The summed E-state index contributed by atoms with van der Waals surface area (Å²) >= 11 is 0. The highest BCUT2D eigenvalue weighted by Crippen LogP contribution is 2.20. The van der Waals surface area contributed by atoms with E-state index in [2.05, 4.69) is 49.5 Å². The van der Waals surface area contributed by atoms with Crippen LogP contribution >= 0.6 is 0 Å². The van der Waals surface area contributed by atoms with Crippen LogP contribution in [-0.2, 0) is 11.2 Å². The van der Waals surface area contributed by atoms with E-state index in [0.717, 1.165) is 53.8 Å². The fourth-order valence-corrected chi connectivity index (χ4v) is 3.60. The van der Waals surface area contributed by atoms with E-state index in [1.807, 2.05) is 32.0 Å².